The van der Waals surface area contributed by atoms with Gasteiger partial charge in [0.1, 0.15) is 0 Å². The van der Waals surface area contributed by atoms with Crippen LogP contribution >= 0.6 is 0 Å². The van der Waals surface area contributed by atoms with E-state index in [9.17, 15) is 5.11 Å². The third-order valence-electron chi connectivity index (χ3n) is 4.09. The Bertz CT molecular complexity index is 392. The van der Waals surface area contributed by atoms with E-state index in [4.69, 9.17) is 0 Å². The highest BCUT2D eigenvalue weighted by atomic mass is 16.3. The van der Waals surface area contributed by atoms with Crippen LogP contribution in [0.3, 0.4) is 0 Å². The van der Waals surface area contributed by atoms with Gasteiger partial charge in [-0.2, -0.15) is 5.10 Å². The van der Waals surface area contributed by atoms with E-state index in [0.717, 1.165) is 43.8 Å². The van der Waals surface area contributed by atoms with Crippen molar-refractivity contribution in [2.24, 2.45) is 13.0 Å². The quantitative estimate of drug-likeness (QED) is 0.857. The zero-order valence-corrected chi connectivity index (χ0v) is 11.7. The molecule has 1 saturated carbocycles. The molecule has 2 N–H and O–H groups in total. The number of aromatic nitrogens is 2. The van der Waals surface area contributed by atoms with E-state index in [1.807, 2.05) is 24.9 Å². The molecule has 0 radical (unpaired) electrons. The molecule has 18 heavy (non-hydrogen) atoms. The zero-order chi connectivity index (χ0) is 13.2. The summed E-state index contributed by atoms with van der Waals surface area (Å²) in [6, 6.07) is 0. The normalized spacial score (nSPS) is 28.6. The second kappa shape index (κ2) is 5.41. The molecule has 0 saturated heterocycles. The van der Waals surface area contributed by atoms with Crippen LogP contribution in [0.15, 0.2) is 6.20 Å². The molecule has 0 atom stereocenters. The molecule has 1 heterocycles. The maximum Gasteiger partial charge on any atom is 0.0771 e. The predicted octanol–water partition coefficient (Wildman–Crippen LogP) is 1.76. The van der Waals surface area contributed by atoms with Crippen molar-refractivity contribution >= 4 is 0 Å². The fourth-order valence-electron chi connectivity index (χ4n) is 2.73. The van der Waals surface area contributed by atoms with E-state index in [2.05, 4.69) is 17.3 Å². The average molecular weight is 251 g/mol. The van der Waals surface area contributed by atoms with Crippen LogP contribution in [-0.4, -0.2) is 27.0 Å². The van der Waals surface area contributed by atoms with Crippen molar-refractivity contribution < 1.29 is 5.11 Å². The van der Waals surface area contributed by atoms with Gasteiger partial charge in [-0.3, -0.25) is 4.68 Å². The van der Waals surface area contributed by atoms with Crippen molar-refractivity contribution in [1.82, 2.24) is 15.1 Å². The fourth-order valence-corrected chi connectivity index (χ4v) is 2.73. The lowest BCUT2D eigenvalue weighted by Gasteiger charge is -2.35. The Morgan fingerprint density at radius 3 is 2.72 bits per heavy atom. The van der Waals surface area contributed by atoms with Crippen LogP contribution in [0.4, 0.5) is 0 Å². The number of aryl methyl sites for hydroxylation is 2. The van der Waals surface area contributed by atoms with Gasteiger partial charge >= 0.3 is 0 Å². The fraction of sp³-hybridized carbons (Fsp3) is 0.786. The Hall–Kier alpha value is -0.870. The van der Waals surface area contributed by atoms with E-state index in [1.54, 1.807) is 0 Å². The van der Waals surface area contributed by atoms with Gasteiger partial charge in [-0.25, -0.2) is 0 Å². The summed E-state index contributed by atoms with van der Waals surface area (Å²) in [7, 11) is 1.94. The van der Waals surface area contributed by atoms with Gasteiger partial charge in [-0.15, -0.1) is 0 Å². The summed E-state index contributed by atoms with van der Waals surface area (Å²) in [5.41, 5.74) is 1.78. The summed E-state index contributed by atoms with van der Waals surface area (Å²) in [5, 5.41) is 18.2. The molecular weight excluding hydrogens is 226 g/mol. The molecule has 1 aromatic heterocycles. The summed E-state index contributed by atoms with van der Waals surface area (Å²) in [4.78, 5) is 0. The Kier molecular flexibility index (Phi) is 4.07. The van der Waals surface area contributed by atoms with E-state index in [-0.39, 0.29) is 0 Å². The van der Waals surface area contributed by atoms with Crippen molar-refractivity contribution in [2.75, 3.05) is 6.54 Å². The first kappa shape index (κ1) is 13.6. The van der Waals surface area contributed by atoms with Gasteiger partial charge < -0.3 is 10.4 Å². The lowest BCUT2D eigenvalue weighted by Crippen LogP contribution is -2.43. The molecule has 1 aliphatic carbocycles. The Balaban J connectivity index is 1.80. The SMILES string of the molecule is Cc1nn(C)cc1CNCC1(O)CCC(C)CC1. The Morgan fingerprint density at radius 2 is 2.17 bits per heavy atom. The van der Waals surface area contributed by atoms with Gasteiger partial charge in [0.2, 0.25) is 0 Å². The number of hydrogen-bond donors (Lipinski definition) is 2. The van der Waals surface area contributed by atoms with Crippen LogP contribution in [0.5, 0.6) is 0 Å². The number of hydrogen-bond acceptors (Lipinski definition) is 3. The lowest BCUT2D eigenvalue weighted by molar-refractivity contribution is -0.00631. The predicted molar refractivity (Wildman–Crippen MR) is 72.2 cm³/mol. The third-order valence-corrected chi connectivity index (χ3v) is 4.09. The molecule has 1 aromatic rings. The molecule has 1 fully saturated rings. The van der Waals surface area contributed by atoms with Crippen molar-refractivity contribution in [3.05, 3.63) is 17.5 Å². The lowest BCUT2D eigenvalue weighted by atomic mass is 9.79. The highest BCUT2D eigenvalue weighted by Crippen LogP contribution is 2.31. The first-order valence-corrected chi connectivity index (χ1v) is 6.91. The maximum absolute atomic E-state index is 10.5. The minimum absolute atomic E-state index is 0.497. The summed E-state index contributed by atoms with van der Waals surface area (Å²) in [6.45, 7) is 5.77. The molecule has 0 spiro atoms. The van der Waals surface area contributed by atoms with Crippen LogP contribution < -0.4 is 5.32 Å². The molecule has 0 bridgehead atoms. The van der Waals surface area contributed by atoms with E-state index in [0.29, 0.717) is 6.54 Å². The minimum atomic E-state index is -0.497. The first-order valence-electron chi connectivity index (χ1n) is 6.91. The number of nitrogens with one attached hydrogen (secondary N) is 1. The van der Waals surface area contributed by atoms with E-state index >= 15 is 0 Å². The summed E-state index contributed by atoms with van der Waals surface area (Å²) >= 11 is 0. The molecule has 4 nitrogen and oxygen atoms in total. The standard InChI is InChI=1S/C14H25N3O/c1-11-4-6-14(18,7-5-11)10-15-8-13-9-17(3)16-12(13)2/h9,11,15,18H,4-8,10H2,1-3H3. The average Bonchev–Trinajstić information content (AvgIpc) is 2.62. The second-order valence-electron chi connectivity index (χ2n) is 5.92. The zero-order valence-electron chi connectivity index (χ0n) is 11.7. The van der Waals surface area contributed by atoms with Gasteiger partial charge in [0.25, 0.3) is 0 Å². The van der Waals surface area contributed by atoms with Crippen LogP contribution in [0.1, 0.15) is 43.9 Å². The van der Waals surface area contributed by atoms with Crippen LogP contribution in [0, 0.1) is 12.8 Å². The van der Waals surface area contributed by atoms with Gasteiger partial charge in [-0.05, 0) is 38.5 Å². The minimum Gasteiger partial charge on any atom is -0.389 e. The molecule has 1 aliphatic rings. The van der Waals surface area contributed by atoms with Gasteiger partial charge in [-0.1, -0.05) is 6.92 Å². The van der Waals surface area contributed by atoms with E-state index < -0.39 is 5.60 Å². The van der Waals surface area contributed by atoms with E-state index in [1.165, 1.54) is 5.56 Å². The molecule has 0 unspecified atom stereocenters. The molecule has 4 heteroatoms. The second-order valence-corrected chi connectivity index (χ2v) is 5.92. The number of rotatable bonds is 4. The van der Waals surface area contributed by atoms with Crippen molar-refractivity contribution in [1.29, 1.82) is 0 Å². The molecule has 0 amide bonds. The topological polar surface area (TPSA) is 50.1 Å². The third kappa shape index (κ3) is 3.33. The van der Waals surface area contributed by atoms with Crippen molar-refractivity contribution in [3.63, 3.8) is 0 Å². The van der Waals surface area contributed by atoms with Crippen molar-refractivity contribution in [2.45, 2.75) is 51.7 Å². The van der Waals surface area contributed by atoms with Crippen molar-refractivity contribution in [3.8, 4) is 0 Å². The maximum atomic E-state index is 10.5. The first-order chi connectivity index (χ1) is 8.48. The Morgan fingerprint density at radius 1 is 1.50 bits per heavy atom. The molecule has 102 valence electrons. The van der Waals surface area contributed by atoms with Crippen LogP contribution in [0.25, 0.3) is 0 Å². The van der Waals surface area contributed by atoms with Gasteiger partial charge in [0.05, 0.1) is 11.3 Å². The summed E-state index contributed by atoms with van der Waals surface area (Å²) < 4.78 is 1.84. The highest BCUT2D eigenvalue weighted by molar-refractivity contribution is 5.14. The summed E-state index contributed by atoms with van der Waals surface area (Å²) in [6.07, 6.45) is 6.17. The molecular formula is C14H25N3O. The van der Waals surface area contributed by atoms with Crippen LogP contribution in [0.2, 0.25) is 0 Å². The van der Waals surface area contributed by atoms with Gasteiger partial charge in [0, 0.05) is 31.9 Å². The summed E-state index contributed by atoms with van der Waals surface area (Å²) in [5.74, 6) is 0.769. The van der Waals surface area contributed by atoms with Crippen LogP contribution in [-0.2, 0) is 13.6 Å². The smallest absolute Gasteiger partial charge is 0.0771 e. The number of aliphatic hydroxyl groups is 1. The monoisotopic (exact) mass is 251 g/mol. The largest absolute Gasteiger partial charge is 0.389 e. The highest BCUT2D eigenvalue weighted by Gasteiger charge is 2.31. The molecule has 0 aliphatic heterocycles. The van der Waals surface area contributed by atoms with Gasteiger partial charge in [0.15, 0.2) is 0 Å². The molecule has 0 aromatic carbocycles. The number of nitrogens with zero attached hydrogens (tertiary/aromatic N) is 2. The molecule has 2 rings (SSSR count). The Labute approximate surface area is 109 Å².